The Morgan fingerprint density at radius 1 is 1.17 bits per heavy atom. The van der Waals surface area contributed by atoms with E-state index in [9.17, 15) is 9.18 Å². The average Bonchev–Trinajstić information content (AvgIpc) is 3.24. The van der Waals surface area contributed by atoms with Crippen molar-refractivity contribution in [2.45, 2.75) is 6.42 Å². The van der Waals surface area contributed by atoms with Gasteiger partial charge in [-0.05, 0) is 42.0 Å². The molecule has 0 aliphatic rings. The molecule has 150 valence electrons. The number of nitrogens with one attached hydrogen (secondary N) is 1. The maximum absolute atomic E-state index is 13.9. The molecule has 0 atom stereocenters. The number of para-hydroxylation sites is 1. The summed E-state index contributed by atoms with van der Waals surface area (Å²) in [6, 6.07) is 14.9. The summed E-state index contributed by atoms with van der Waals surface area (Å²) in [5.41, 5.74) is 2.27. The number of carbonyl (C=O) groups is 1. The van der Waals surface area contributed by atoms with E-state index in [0.29, 0.717) is 23.8 Å². The minimum Gasteiger partial charge on any atom is -0.494 e. The maximum Gasteiger partial charge on any atom is 0.255 e. The summed E-state index contributed by atoms with van der Waals surface area (Å²) in [6.07, 6.45) is 3.63. The van der Waals surface area contributed by atoms with Crippen LogP contribution in [0.5, 0.6) is 5.75 Å². The zero-order valence-corrected chi connectivity index (χ0v) is 16.0. The molecule has 30 heavy (non-hydrogen) atoms. The molecule has 2 heterocycles. The van der Waals surface area contributed by atoms with E-state index >= 15 is 0 Å². The van der Waals surface area contributed by atoms with Crippen LogP contribution in [-0.2, 0) is 6.42 Å². The van der Waals surface area contributed by atoms with Gasteiger partial charge in [0.05, 0.1) is 13.5 Å². The fourth-order valence-electron chi connectivity index (χ4n) is 2.90. The largest absolute Gasteiger partial charge is 0.494 e. The van der Waals surface area contributed by atoms with Crippen LogP contribution in [-0.4, -0.2) is 28.1 Å². The van der Waals surface area contributed by atoms with Crippen molar-refractivity contribution in [2.24, 2.45) is 0 Å². The van der Waals surface area contributed by atoms with Crippen molar-refractivity contribution in [2.75, 3.05) is 12.4 Å². The molecule has 1 N–H and O–H groups in total. The summed E-state index contributed by atoms with van der Waals surface area (Å²) in [5, 5.41) is 6.78. The lowest BCUT2D eigenvalue weighted by atomic mass is 10.1. The van der Waals surface area contributed by atoms with Crippen molar-refractivity contribution in [1.29, 1.82) is 0 Å². The third-order valence-corrected chi connectivity index (χ3v) is 4.41. The van der Waals surface area contributed by atoms with Crippen molar-refractivity contribution >= 4 is 11.6 Å². The summed E-state index contributed by atoms with van der Waals surface area (Å²) in [4.78, 5) is 21.0. The number of hydrogen-bond acceptors (Lipinski definition) is 6. The molecule has 0 fully saturated rings. The number of rotatable bonds is 6. The van der Waals surface area contributed by atoms with Crippen LogP contribution in [0.3, 0.4) is 0 Å². The SMILES string of the molecule is COc1ccc(C(=O)Nc2ccccc2Cc2nc(-c3cccnc3)no2)cc1F. The Morgan fingerprint density at radius 3 is 2.80 bits per heavy atom. The standard InChI is InChI=1S/C22H17FN4O3/c1-29-19-9-8-15(11-17(19)23)22(28)25-18-7-3-2-5-14(18)12-20-26-21(27-30-20)16-6-4-10-24-13-16/h2-11,13H,12H2,1H3,(H,25,28). The Hall–Kier alpha value is -4.07. The van der Waals surface area contributed by atoms with Crippen molar-refractivity contribution in [3.8, 4) is 17.1 Å². The van der Waals surface area contributed by atoms with Crippen molar-refractivity contribution in [3.05, 3.63) is 89.8 Å². The molecule has 0 aliphatic carbocycles. The molecule has 0 bridgehead atoms. The highest BCUT2D eigenvalue weighted by Crippen LogP contribution is 2.23. The Balaban J connectivity index is 1.52. The van der Waals surface area contributed by atoms with Gasteiger partial charge in [0.2, 0.25) is 11.7 Å². The lowest BCUT2D eigenvalue weighted by molar-refractivity contribution is 0.102. The number of hydrogen-bond donors (Lipinski definition) is 1. The van der Waals surface area contributed by atoms with Crippen molar-refractivity contribution in [3.63, 3.8) is 0 Å². The lowest BCUT2D eigenvalue weighted by Crippen LogP contribution is -2.14. The molecule has 0 unspecified atom stereocenters. The normalized spacial score (nSPS) is 10.6. The minimum atomic E-state index is -0.604. The van der Waals surface area contributed by atoms with Crippen molar-refractivity contribution in [1.82, 2.24) is 15.1 Å². The number of methoxy groups -OCH3 is 1. The highest BCUT2D eigenvalue weighted by Gasteiger charge is 2.15. The second kappa shape index (κ2) is 8.52. The van der Waals surface area contributed by atoms with Crippen LogP contribution in [0.25, 0.3) is 11.4 Å². The van der Waals surface area contributed by atoms with Crippen LogP contribution < -0.4 is 10.1 Å². The molecule has 0 spiro atoms. The molecule has 8 heteroatoms. The highest BCUT2D eigenvalue weighted by molar-refractivity contribution is 6.04. The maximum atomic E-state index is 13.9. The molecule has 1 amide bonds. The highest BCUT2D eigenvalue weighted by atomic mass is 19.1. The molecular formula is C22H17FN4O3. The van der Waals surface area contributed by atoms with E-state index in [2.05, 4.69) is 20.4 Å². The lowest BCUT2D eigenvalue weighted by Gasteiger charge is -2.10. The zero-order chi connectivity index (χ0) is 20.9. The van der Waals surface area contributed by atoms with Gasteiger partial charge in [0.1, 0.15) is 0 Å². The van der Waals surface area contributed by atoms with E-state index < -0.39 is 11.7 Å². The Kier molecular flexibility index (Phi) is 5.47. The van der Waals surface area contributed by atoms with E-state index in [1.54, 1.807) is 30.6 Å². The predicted molar refractivity (Wildman–Crippen MR) is 108 cm³/mol. The molecule has 4 aromatic rings. The molecule has 0 aliphatic heterocycles. The van der Waals surface area contributed by atoms with Gasteiger partial charge in [0.15, 0.2) is 11.6 Å². The molecule has 0 saturated carbocycles. The van der Waals surface area contributed by atoms with Crippen LogP contribution in [0.1, 0.15) is 21.8 Å². The first-order valence-electron chi connectivity index (χ1n) is 9.10. The molecule has 0 saturated heterocycles. The van der Waals surface area contributed by atoms with Crippen LogP contribution in [0.15, 0.2) is 71.5 Å². The predicted octanol–water partition coefficient (Wildman–Crippen LogP) is 4.12. The number of ether oxygens (including phenoxy) is 1. The molecule has 7 nitrogen and oxygen atoms in total. The molecule has 2 aromatic carbocycles. The van der Waals surface area contributed by atoms with E-state index in [4.69, 9.17) is 9.26 Å². The van der Waals surface area contributed by atoms with Crippen LogP contribution in [0.2, 0.25) is 0 Å². The Morgan fingerprint density at radius 2 is 2.03 bits per heavy atom. The zero-order valence-electron chi connectivity index (χ0n) is 16.0. The fraction of sp³-hybridized carbons (Fsp3) is 0.0909. The first-order chi connectivity index (χ1) is 14.6. The Labute approximate surface area is 171 Å². The second-order valence-electron chi connectivity index (χ2n) is 6.39. The third kappa shape index (κ3) is 4.17. The summed E-state index contributed by atoms with van der Waals surface area (Å²) < 4.78 is 24.1. The van der Waals surface area contributed by atoms with Gasteiger partial charge >= 0.3 is 0 Å². The number of halogens is 1. The van der Waals surface area contributed by atoms with Gasteiger partial charge in [0.25, 0.3) is 5.91 Å². The van der Waals surface area contributed by atoms with Gasteiger partial charge in [-0.2, -0.15) is 4.98 Å². The van der Waals surface area contributed by atoms with Gasteiger partial charge < -0.3 is 14.6 Å². The van der Waals surface area contributed by atoms with E-state index in [1.165, 1.54) is 19.2 Å². The smallest absolute Gasteiger partial charge is 0.255 e. The third-order valence-electron chi connectivity index (χ3n) is 4.41. The van der Waals surface area contributed by atoms with Gasteiger partial charge in [-0.3, -0.25) is 9.78 Å². The van der Waals surface area contributed by atoms with Gasteiger partial charge in [0, 0.05) is 29.2 Å². The first kappa shape index (κ1) is 19.3. The number of anilines is 1. The molecule has 0 radical (unpaired) electrons. The average molecular weight is 404 g/mol. The van der Waals surface area contributed by atoms with Crippen LogP contribution in [0, 0.1) is 5.82 Å². The summed E-state index contributed by atoms with van der Waals surface area (Å²) in [5.74, 6) is -0.134. The topological polar surface area (TPSA) is 90.1 Å². The quantitative estimate of drug-likeness (QED) is 0.520. The fourth-order valence-corrected chi connectivity index (χ4v) is 2.90. The Bertz CT molecular complexity index is 1180. The number of aromatic nitrogens is 3. The van der Waals surface area contributed by atoms with Crippen LogP contribution >= 0.6 is 0 Å². The van der Waals surface area contributed by atoms with Crippen molar-refractivity contribution < 1.29 is 18.4 Å². The number of pyridine rings is 1. The summed E-state index contributed by atoms with van der Waals surface area (Å²) in [6.45, 7) is 0. The summed E-state index contributed by atoms with van der Waals surface area (Å²) in [7, 11) is 1.37. The number of benzene rings is 2. The number of nitrogens with zero attached hydrogens (tertiary/aromatic N) is 3. The van der Waals surface area contributed by atoms with Crippen LogP contribution in [0.4, 0.5) is 10.1 Å². The summed E-state index contributed by atoms with van der Waals surface area (Å²) >= 11 is 0. The van der Waals surface area contributed by atoms with E-state index in [-0.39, 0.29) is 11.3 Å². The molecular weight excluding hydrogens is 387 g/mol. The monoisotopic (exact) mass is 404 g/mol. The van der Waals surface area contributed by atoms with Gasteiger partial charge in [-0.1, -0.05) is 23.4 Å². The molecule has 4 rings (SSSR count). The minimum absolute atomic E-state index is 0.0766. The molecule has 2 aromatic heterocycles. The van der Waals surface area contributed by atoms with E-state index in [1.807, 2.05) is 18.2 Å². The van der Waals surface area contributed by atoms with E-state index in [0.717, 1.165) is 17.2 Å². The number of amides is 1. The second-order valence-corrected chi connectivity index (χ2v) is 6.39. The van der Waals surface area contributed by atoms with Gasteiger partial charge in [-0.15, -0.1) is 0 Å². The first-order valence-corrected chi connectivity index (χ1v) is 9.10. The number of carbonyl (C=O) groups excluding carboxylic acids is 1. The van der Waals surface area contributed by atoms with Gasteiger partial charge in [-0.25, -0.2) is 4.39 Å².